The molecule has 3 nitrogen and oxygen atoms in total. The Kier molecular flexibility index (Phi) is 5.16. The fourth-order valence-electron chi connectivity index (χ4n) is 2.69. The van der Waals surface area contributed by atoms with Crippen LogP contribution >= 0.6 is 11.6 Å². The number of piperidine rings is 1. The normalized spacial score (nSPS) is 29.6. The van der Waals surface area contributed by atoms with Gasteiger partial charge in [0, 0.05) is 35.6 Å². The van der Waals surface area contributed by atoms with Crippen molar-refractivity contribution >= 4 is 17.3 Å². The van der Waals surface area contributed by atoms with Gasteiger partial charge in [-0.15, -0.1) is 0 Å². The van der Waals surface area contributed by atoms with Crippen LogP contribution in [-0.4, -0.2) is 41.8 Å². The highest BCUT2D eigenvalue weighted by Gasteiger charge is 2.39. The number of nitrogens with one attached hydrogen (secondary N) is 1. The van der Waals surface area contributed by atoms with Crippen molar-refractivity contribution in [3.05, 3.63) is 29.3 Å². The molecule has 0 saturated carbocycles. The van der Waals surface area contributed by atoms with Crippen LogP contribution in [0.2, 0.25) is 5.02 Å². The lowest BCUT2D eigenvalue weighted by atomic mass is 9.79. The second-order valence-electron chi connectivity index (χ2n) is 5.98. The minimum atomic E-state index is -0.887. The average molecular weight is 307 g/mol. The van der Waals surface area contributed by atoms with Crippen molar-refractivity contribution in [1.29, 1.82) is 0 Å². The molecule has 3 unspecified atom stereocenters. The number of rotatable bonds is 2. The number of hydrogen-bond donors (Lipinski definition) is 2. The van der Waals surface area contributed by atoms with Gasteiger partial charge < -0.3 is 15.3 Å². The van der Waals surface area contributed by atoms with Gasteiger partial charge in [0.25, 0.3) is 0 Å². The highest BCUT2D eigenvalue weighted by molar-refractivity contribution is 6.30. The van der Waals surface area contributed by atoms with Crippen molar-refractivity contribution in [2.75, 3.05) is 25.5 Å². The summed E-state index contributed by atoms with van der Waals surface area (Å²) in [6, 6.07) is 7.89. The largest absolute Gasteiger partial charge is 0.377 e. The van der Waals surface area contributed by atoms with E-state index in [-0.39, 0.29) is 5.92 Å². The second-order valence-corrected chi connectivity index (χ2v) is 6.42. The summed E-state index contributed by atoms with van der Waals surface area (Å²) in [6.45, 7) is 5.55. The predicted molar refractivity (Wildman–Crippen MR) is 88.5 cm³/mol. The third-order valence-corrected chi connectivity index (χ3v) is 4.48. The summed E-state index contributed by atoms with van der Waals surface area (Å²) in [7, 11) is 2.09. The van der Waals surface area contributed by atoms with Crippen molar-refractivity contribution in [3.63, 3.8) is 0 Å². The lowest BCUT2D eigenvalue weighted by Gasteiger charge is -2.42. The van der Waals surface area contributed by atoms with E-state index in [0.29, 0.717) is 24.0 Å². The van der Waals surface area contributed by atoms with Gasteiger partial charge in [0.2, 0.25) is 0 Å². The summed E-state index contributed by atoms with van der Waals surface area (Å²) in [6.07, 6.45) is 0.689. The van der Waals surface area contributed by atoms with E-state index in [0.717, 1.165) is 12.2 Å². The first-order valence-corrected chi connectivity index (χ1v) is 7.70. The topological polar surface area (TPSA) is 35.5 Å². The fourth-order valence-corrected chi connectivity index (χ4v) is 2.88. The molecule has 3 atom stereocenters. The molecule has 2 N–H and O–H groups in total. The van der Waals surface area contributed by atoms with Crippen LogP contribution < -0.4 is 5.32 Å². The molecule has 0 spiro atoms. The second kappa shape index (κ2) is 6.70. The van der Waals surface area contributed by atoms with Crippen LogP contribution in [0.5, 0.6) is 0 Å². The zero-order valence-electron chi connectivity index (χ0n) is 12.9. The van der Waals surface area contributed by atoms with Crippen LogP contribution in [0.1, 0.15) is 20.3 Å². The lowest BCUT2D eigenvalue weighted by Crippen LogP contribution is -2.52. The maximum Gasteiger partial charge on any atom is 0.130 e. The minimum Gasteiger partial charge on any atom is -0.377 e. The van der Waals surface area contributed by atoms with Crippen LogP contribution in [0, 0.1) is 17.8 Å². The van der Waals surface area contributed by atoms with Crippen molar-refractivity contribution in [3.8, 4) is 11.8 Å². The molecule has 0 radical (unpaired) electrons. The van der Waals surface area contributed by atoms with Gasteiger partial charge in [-0.1, -0.05) is 36.4 Å². The highest BCUT2D eigenvalue weighted by Crippen LogP contribution is 2.30. The van der Waals surface area contributed by atoms with Crippen LogP contribution in [0.4, 0.5) is 5.69 Å². The number of anilines is 1. The van der Waals surface area contributed by atoms with Gasteiger partial charge in [-0.3, -0.25) is 0 Å². The third kappa shape index (κ3) is 4.14. The van der Waals surface area contributed by atoms with Gasteiger partial charge in [0.15, 0.2) is 0 Å². The number of benzene rings is 1. The Bertz CT molecular complexity index is 551. The van der Waals surface area contributed by atoms with Gasteiger partial charge in [0.05, 0.1) is 6.54 Å². The Hall–Kier alpha value is -1.21. The predicted octanol–water partition coefficient (Wildman–Crippen LogP) is 2.85. The van der Waals surface area contributed by atoms with Crippen molar-refractivity contribution in [2.24, 2.45) is 5.92 Å². The third-order valence-electron chi connectivity index (χ3n) is 4.25. The Morgan fingerprint density at radius 1 is 1.48 bits per heavy atom. The number of likely N-dealkylation sites (tertiary alicyclic amines) is 1. The Morgan fingerprint density at radius 3 is 2.95 bits per heavy atom. The molecular weight excluding hydrogens is 284 g/mol. The highest BCUT2D eigenvalue weighted by atomic mass is 35.5. The zero-order chi connectivity index (χ0) is 15.5. The van der Waals surface area contributed by atoms with Crippen LogP contribution in [-0.2, 0) is 0 Å². The van der Waals surface area contributed by atoms with Crippen LogP contribution in [0.15, 0.2) is 24.3 Å². The lowest BCUT2D eigenvalue weighted by molar-refractivity contribution is -0.0347. The molecule has 1 fully saturated rings. The smallest absolute Gasteiger partial charge is 0.130 e. The van der Waals surface area contributed by atoms with E-state index in [9.17, 15) is 5.11 Å². The molecule has 1 heterocycles. The van der Waals surface area contributed by atoms with Crippen molar-refractivity contribution in [1.82, 2.24) is 4.90 Å². The van der Waals surface area contributed by atoms with Gasteiger partial charge in [0.1, 0.15) is 5.60 Å². The molecule has 0 aliphatic carbocycles. The SMILES string of the molecule is CC1CC(O)(C#CCNc2cccc(Cl)c2)C(C)CN1C. The van der Waals surface area contributed by atoms with E-state index in [1.807, 2.05) is 24.3 Å². The quantitative estimate of drug-likeness (QED) is 0.825. The molecule has 114 valence electrons. The molecular formula is C17H23ClN2O. The van der Waals surface area contributed by atoms with Gasteiger partial charge in [-0.25, -0.2) is 0 Å². The number of hydrogen-bond acceptors (Lipinski definition) is 3. The molecule has 1 aromatic rings. The molecule has 1 aliphatic rings. The molecule has 1 aliphatic heterocycles. The molecule has 4 heteroatoms. The Morgan fingerprint density at radius 2 is 2.24 bits per heavy atom. The summed E-state index contributed by atoms with van der Waals surface area (Å²) in [5, 5.41) is 14.6. The average Bonchev–Trinajstić information content (AvgIpc) is 2.42. The van der Waals surface area contributed by atoms with Gasteiger partial charge in [-0.2, -0.15) is 0 Å². The maximum atomic E-state index is 10.7. The Balaban J connectivity index is 1.95. The van der Waals surface area contributed by atoms with Crippen LogP contribution in [0.3, 0.4) is 0 Å². The molecule has 1 saturated heterocycles. The molecule has 21 heavy (non-hydrogen) atoms. The summed E-state index contributed by atoms with van der Waals surface area (Å²) in [4.78, 5) is 2.27. The van der Waals surface area contributed by atoms with E-state index in [1.54, 1.807) is 0 Å². The Labute approximate surface area is 132 Å². The van der Waals surface area contributed by atoms with Gasteiger partial charge >= 0.3 is 0 Å². The monoisotopic (exact) mass is 306 g/mol. The fraction of sp³-hybridized carbons (Fsp3) is 0.529. The summed E-state index contributed by atoms with van der Waals surface area (Å²) < 4.78 is 0. The van der Waals surface area contributed by atoms with E-state index in [2.05, 4.69) is 43.0 Å². The van der Waals surface area contributed by atoms with E-state index in [4.69, 9.17) is 11.6 Å². The summed E-state index contributed by atoms with van der Waals surface area (Å²) in [5.41, 5.74) is 0.0515. The molecule has 2 rings (SSSR count). The minimum absolute atomic E-state index is 0.150. The standard InChI is InChI=1S/C17H23ClN2O/c1-13-12-20(3)14(2)11-17(13,21)8-5-9-19-16-7-4-6-15(18)10-16/h4,6-7,10,13-14,19,21H,9,11-12H2,1-3H3. The van der Waals surface area contributed by atoms with Crippen molar-refractivity contribution in [2.45, 2.75) is 31.9 Å². The van der Waals surface area contributed by atoms with E-state index in [1.165, 1.54) is 0 Å². The zero-order valence-corrected chi connectivity index (χ0v) is 13.6. The van der Waals surface area contributed by atoms with E-state index >= 15 is 0 Å². The molecule has 0 bridgehead atoms. The maximum absolute atomic E-state index is 10.7. The number of aliphatic hydroxyl groups is 1. The van der Waals surface area contributed by atoms with E-state index < -0.39 is 5.60 Å². The molecule has 0 aromatic heterocycles. The first-order chi connectivity index (χ1) is 9.90. The molecule has 0 amide bonds. The molecule has 1 aromatic carbocycles. The number of nitrogens with zero attached hydrogens (tertiary/aromatic N) is 1. The summed E-state index contributed by atoms with van der Waals surface area (Å²) in [5.74, 6) is 6.27. The van der Waals surface area contributed by atoms with Crippen molar-refractivity contribution < 1.29 is 5.11 Å². The first kappa shape index (κ1) is 16.2. The van der Waals surface area contributed by atoms with Crippen LogP contribution in [0.25, 0.3) is 0 Å². The summed E-state index contributed by atoms with van der Waals surface area (Å²) >= 11 is 5.93. The number of halogens is 1. The van der Waals surface area contributed by atoms with Gasteiger partial charge in [-0.05, 0) is 32.2 Å². The first-order valence-electron chi connectivity index (χ1n) is 7.33.